The molecule has 1 aliphatic carbocycles. The zero-order chi connectivity index (χ0) is 20.1. The number of hydrogen-bond donors (Lipinski definition) is 1. The number of esters is 1. The second kappa shape index (κ2) is 8.83. The minimum Gasteiger partial charge on any atom is -0.453 e. The van der Waals surface area contributed by atoms with Gasteiger partial charge < -0.3 is 10.1 Å². The molecule has 0 saturated heterocycles. The van der Waals surface area contributed by atoms with Gasteiger partial charge in [0, 0.05) is 17.7 Å². The highest BCUT2D eigenvalue weighted by Crippen LogP contribution is 2.23. The van der Waals surface area contributed by atoms with Crippen LogP contribution < -0.4 is 5.32 Å². The van der Waals surface area contributed by atoms with Crippen molar-refractivity contribution in [3.63, 3.8) is 0 Å². The first kappa shape index (κ1) is 19.8. The van der Waals surface area contributed by atoms with E-state index in [2.05, 4.69) is 5.32 Å². The van der Waals surface area contributed by atoms with Gasteiger partial charge in [0.25, 0.3) is 5.91 Å². The Bertz CT molecular complexity index is 903. The van der Waals surface area contributed by atoms with Crippen LogP contribution >= 0.6 is 0 Å². The SMILES string of the molecule is Cc1ccccc1NC(=O)C(C)OC(=O)CCC(=O)c1ccc2c(c1)CCC2. The number of benzene rings is 2. The molecule has 0 heterocycles. The highest BCUT2D eigenvalue weighted by molar-refractivity contribution is 5.98. The molecular formula is C23H25NO4. The summed E-state index contributed by atoms with van der Waals surface area (Å²) in [5.41, 5.74) is 4.79. The number of Topliss-reactive ketones (excluding diaryl/α,β-unsaturated/α-hetero) is 1. The molecule has 0 aromatic heterocycles. The van der Waals surface area contributed by atoms with E-state index >= 15 is 0 Å². The van der Waals surface area contributed by atoms with Crippen LogP contribution in [0.1, 0.15) is 53.2 Å². The number of aryl methyl sites for hydroxylation is 3. The van der Waals surface area contributed by atoms with Crippen LogP contribution in [-0.2, 0) is 27.2 Å². The van der Waals surface area contributed by atoms with E-state index in [9.17, 15) is 14.4 Å². The van der Waals surface area contributed by atoms with E-state index in [0.717, 1.165) is 24.8 Å². The van der Waals surface area contributed by atoms with Crippen LogP contribution in [0.3, 0.4) is 0 Å². The predicted molar refractivity (Wildman–Crippen MR) is 107 cm³/mol. The second-order valence-electron chi connectivity index (χ2n) is 7.20. The second-order valence-corrected chi connectivity index (χ2v) is 7.20. The average Bonchev–Trinajstić information content (AvgIpc) is 3.15. The zero-order valence-electron chi connectivity index (χ0n) is 16.3. The summed E-state index contributed by atoms with van der Waals surface area (Å²) in [5, 5.41) is 2.75. The molecule has 5 heteroatoms. The van der Waals surface area contributed by atoms with Crippen molar-refractivity contribution in [1.29, 1.82) is 0 Å². The van der Waals surface area contributed by atoms with Gasteiger partial charge in [0.2, 0.25) is 0 Å². The van der Waals surface area contributed by atoms with Crippen LogP contribution in [0.4, 0.5) is 5.69 Å². The van der Waals surface area contributed by atoms with Gasteiger partial charge in [0.05, 0.1) is 6.42 Å². The molecule has 5 nitrogen and oxygen atoms in total. The number of anilines is 1. The number of carbonyl (C=O) groups is 3. The summed E-state index contributed by atoms with van der Waals surface area (Å²) < 4.78 is 5.18. The zero-order valence-corrected chi connectivity index (χ0v) is 16.3. The fourth-order valence-corrected chi connectivity index (χ4v) is 3.36. The standard InChI is InChI=1S/C23H25NO4/c1-15-6-3-4-9-20(15)24-23(27)16(2)28-22(26)13-12-21(25)19-11-10-17-7-5-8-18(17)14-19/h3-4,6,9-11,14,16H,5,7-8,12-13H2,1-2H3,(H,24,27). The number of ether oxygens (including phenoxy) is 1. The summed E-state index contributed by atoms with van der Waals surface area (Å²) in [6.07, 6.45) is 2.30. The average molecular weight is 379 g/mol. The molecule has 0 radical (unpaired) electrons. The van der Waals surface area contributed by atoms with Gasteiger partial charge in [-0.05, 0) is 61.9 Å². The summed E-state index contributed by atoms with van der Waals surface area (Å²) in [4.78, 5) is 36.6. The summed E-state index contributed by atoms with van der Waals surface area (Å²) in [6, 6.07) is 13.2. The quantitative estimate of drug-likeness (QED) is 0.583. The maximum absolute atomic E-state index is 12.4. The largest absolute Gasteiger partial charge is 0.453 e. The van der Waals surface area contributed by atoms with Gasteiger partial charge in [-0.2, -0.15) is 0 Å². The van der Waals surface area contributed by atoms with E-state index in [1.807, 2.05) is 43.3 Å². The van der Waals surface area contributed by atoms with Crippen LogP contribution in [0.2, 0.25) is 0 Å². The lowest BCUT2D eigenvalue weighted by molar-refractivity contribution is -0.153. The molecule has 28 heavy (non-hydrogen) atoms. The molecular weight excluding hydrogens is 354 g/mol. The number of fused-ring (bicyclic) bond motifs is 1. The molecule has 0 bridgehead atoms. The van der Waals surface area contributed by atoms with Crippen LogP contribution in [0.15, 0.2) is 42.5 Å². The fraction of sp³-hybridized carbons (Fsp3) is 0.348. The molecule has 1 N–H and O–H groups in total. The van der Waals surface area contributed by atoms with Gasteiger partial charge >= 0.3 is 5.97 Å². The predicted octanol–water partition coefficient (Wildman–Crippen LogP) is 4.02. The Morgan fingerprint density at radius 1 is 1.04 bits per heavy atom. The topological polar surface area (TPSA) is 72.5 Å². The Hall–Kier alpha value is -2.95. The van der Waals surface area contributed by atoms with Crippen LogP contribution in [-0.4, -0.2) is 23.8 Å². The summed E-state index contributed by atoms with van der Waals surface area (Å²) >= 11 is 0. The molecule has 1 amide bonds. The molecule has 0 fully saturated rings. The van der Waals surface area contributed by atoms with E-state index < -0.39 is 18.0 Å². The van der Waals surface area contributed by atoms with Crippen LogP contribution in [0.25, 0.3) is 0 Å². The number of carbonyl (C=O) groups excluding carboxylic acids is 3. The van der Waals surface area contributed by atoms with Crippen molar-refractivity contribution in [2.45, 2.75) is 52.1 Å². The molecule has 146 valence electrons. The van der Waals surface area contributed by atoms with Crippen molar-refractivity contribution >= 4 is 23.3 Å². The van der Waals surface area contributed by atoms with Gasteiger partial charge in [-0.1, -0.05) is 30.3 Å². The lowest BCUT2D eigenvalue weighted by Gasteiger charge is -2.14. The smallest absolute Gasteiger partial charge is 0.307 e. The van der Waals surface area contributed by atoms with Gasteiger partial charge in [0.15, 0.2) is 11.9 Å². The Balaban J connectivity index is 1.47. The molecule has 0 saturated carbocycles. The monoisotopic (exact) mass is 379 g/mol. The third-order valence-corrected chi connectivity index (χ3v) is 5.06. The Morgan fingerprint density at radius 2 is 1.79 bits per heavy atom. The van der Waals surface area contributed by atoms with E-state index in [1.165, 1.54) is 18.1 Å². The molecule has 2 aromatic carbocycles. The third kappa shape index (κ3) is 4.85. The lowest BCUT2D eigenvalue weighted by Crippen LogP contribution is -2.30. The van der Waals surface area contributed by atoms with Crippen molar-refractivity contribution in [3.8, 4) is 0 Å². The molecule has 0 spiro atoms. The number of para-hydroxylation sites is 1. The minimum absolute atomic E-state index is 0.0437. The van der Waals surface area contributed by atoms with Gasteiger partial charge in [-0.3, -0.25) is 14.4 Å². The van der Waals surface area contributed by atoms with Crippen molar-refractivity contribution in [1.82, 2.24) is 0 Å². The number of hydrogen-bond acceptors (Lipinski definition) is 4. The van der Waals surface area contributed by atoms with Crippen molar-refractivity contribution < 1.29 is 19.1 Å². The number of ketones is 1. The Kier molecular flexibility index (Phi) is 6.24. The van der Waals surface area contributed by atoms with Crippen molar-refractivity contribution in [3.05, 3.63) is 64.7 Å². The normalized spacial score (nSPS) is 13.5. The molecule has 1 atom stereocenters. The molecule has 2 aromatic rings. The maximum atomic E-state index is 12.4. The highest BCUT2D eigenvalue weighted by Gasteiger charge is 2.20. The number of nitrogens with one attached hydrogen (secondary N) is 1. The van der Waals surface area contributed by atoms with E-state index in [4.69, 9.17) is 4.74 Å². The fourth-order valence-electron chi connectivity index (χ4n) is 3.36. The van der Waals surface area contributed by atoms with Gasteiger partial charge in [-0.25, -0.2) is 0 Å². The summed E-state index contributed by atoms with van der Waals surface area (Å²) in [5.74, 6) is -1.03. The first-order valence-electron chi connectivity index (χ1n) is 9.65. The molecule has 1 aliphatic rings. The summed E-state index contributed by atoms with van der Waals surface area (Å²) in [7, 11) is 0. The third-order valence-electron chi connectivity index (χ3n) is 5.06. The molecule has 3 rings (SSSR count). The molecule has 0 aliphatic heterocycles. The van der Waals surface area contributed by atoms with Gasteiger partial charge in [0.1, 0.15) is 0 Å². The molecule has 1 unspecified atom stereocenters. The van der Waals surface area contributed by atoms with E-state index in [0.29, 0.717) is 11.3 Å². The number of rotatable bonds is 7. The van der Waals surface area contributed by atoms with Gasteiger partial charge in [-0.15, -0.1) is 0 Å². The minimum atomic E-state index is -0.929. The van der Waals surface area contributed by atoms with E-state index in [-0.39, 0.29) is 18.6 Å². The first-order chi connectivity index (χ1) is 13.4. The lowest BCUT2D eigenvalue weighted by atomic mass is 10.0. The van der Waals surface area contributed by atoms with Crippen LogP contribution in [0, 0.1) is 6.92 Å². The summed E-state index contributed by atoms with van der Waals surface area (Å²) in [6.45, 7) is 3.41. The first-order valence-corrected chi connectivity index (χ1v) is 9.65. The Morgan fingerprint density at radius 3 is 2.57 bits per heavy atom. The van der Waals surface area contributed by atoms with Crippen molar-refractivity contribution in [2.75, 3.05) is 5.32 Å². The van der Waals surface area contributed by atoms with Crippen molar-refractivity contribution in [2.24, 2.45) is 0 Å². The maximum Gasteiger partial charge on any atom is 0.307 e. The Labute approximate surface area is 165 Å². The van der Waals surface area contributed by atoms with Crippen LogP contribution in [0.5, 0.6) is 0 Å². The highest BCUT2D eigenvalue weighted by atomic mass is 16.5. The van der Waals surface area contributed by atoms with E-state index in [1.54, 1.807) is 6.07 Å². The number of amides is 1.